The van der Waals surface area contributed by atoms with E-state index in [0.29, 0.717) is 6.04 Å². The summed E-state index contributed by atoms with van der Waals surface area (Å²) < 4.78 is 1.27. The molecule has 108 valence electrons. The van der Waals surface area contributed by atoms with E-state index in [2.05, 4.69) is 65.8 Å². The van der Waals surface area contributed by atoms with Gasteiger partial charge in [-0.3, -0.25) is 0 Å². The Morgan fingerprint density at radius 2 is 1.81 bits per heavy atom. The number of aromatic nitrogens is 1. The van der Waals surface area contributed by atoms with Crippen LogP contribution < -0.4 is 5.32 Å². The Kier molecular flexibility index (Phi) is 4.63. The SMILES string of the molecule is CCC(Cc1ccccc1)NCc1nc2ccccc2s1. The molecule has 0 radical (unpaired) electrons. The first kappa shape index (κ1) is 14.2. The summed E-state index contributed by atoms with van der Waals surface area (Å²) in [6.07, 6.45) is 2.20. The van der Waals surface area contributed by atoms with Gasteiger partial charge in [-0.15, -0.1) is 11.3 Å². The van der Waals surface area contributed by atoms with E-state index in [1.807, 2.05) is 6.07 Å². The summed E-state index contributed by atoms with van der Waals surface area (Å²) in [5, 5.41) is 4.81. The largest absolute Gasteiger partial charge is 0.307 e. The molecule has 1 N–H and O–H groups in total. The first-order valence-electron chi connectivity index (χ1n) is 7.47. The average molecular weight is 296 g/mol. The van der Waals surface area contributed by atoms with Gasteiger partial charge in [0.1, 0.15) is 5.01 Å². The van der Waals surface area contributed by atoms with E-state index in [1.54, 1.807) is 11.3 Å². The first-order chi connectivity index (χ1) is 10.3. The third kappa shape index (κ3) is 3.69. The van der Waals surface area contributed by atoms with E-state index >= 15 is 0 Å². The highest BCUT2D eigenvalue weighted by molar-refractivity contribution is 7.18. The molecule has 0 amide bonds. The van der Waals surface area contributed by atoms with Gasteiger partial charge < -0.3 is 5.32 Å². The van der Waals surface area contributed by atoms with Gasteiger partial charge in [0.25, 0.3) is 0 Å². The second-order valence-electron chi connectivity index (χ2n) is 5.25. The lowest BCUT2D eigenvalue weighted by Crippen LogP contribution is -2.29. The molecule has 0 aliphatic heterocycles. The van der Waals surface area contributed by atoms with Crippen molar-refractivity contribution in [3.63, 3.8) is 0 Å². The Bertz CT molecular complexity index is 658. The number of rotatable bonds is 6. The van der Waals surface area contributed by atoms with Gasteiger partial charge >= 0.3 is 0 Å². The molecule has 1 unspecified atom stereocenters. The number of nitrogens with one attached hydrogen (secondary N) is 1. The highest BCUT2D eigenvalue weighted by Crippen LogP contribution is 2.21. The molecule has 2 nitrogen and oxygen atoms in total. The van der Waals surface area contributed by atoms with Crippen LogP contribution in [0.5, 0.6) is 0 Å². The van der Waals surface area contributed by atoms with Gasteiger partial charge in [0.05, 0.1) is 10.2 Å². The lowest BCUT2D eigenvalue weighted by atomic mass is 10.0. The van der Waals surface area contributed by atoms with Gasteiger partial charge in [-0.05, 0) is 30.5 Å². The van der Waals surface area contributed by atoms with Crippen molar-refractivity contribution in [1.82, 2.24) is 10.3 Å². The topological polar surface area (TPSA) is 24.9 Å². The molecule has 3 aromatic rings. The first-order valence-corrected chi connectivity index (χ1v) is 8.28. The molecular weight excluding hydrogens is 276 g/mol. The Morgan fingerprint density at radius 3 is 2.57 bits per heavy atom. The van der Waals surface area contributed by atoms with E-state index in [-0.39, 0.29) is 0 Å². The van der Waals surface area contributed by atoms with Gasteiger partial charge in [0.15, 0.2) is 0 Å². The van der Waals surface area contributed by atoms with E-state index in [1.165, 1.54) is 15.3 Å². The molecule has 0 aliphatic rings. The fourth-order valence-corrected chi connectivity index (χ4v) is 3.40. The molecule has 0 saturated heterocycles. The molecular formula is C18H20N2S. The van der Waals surface area contributed by atoms with Crippen molar-refractivity contribution in [3.05, 3.63) is 65.2 Å². The predicted molar refractivity (Wildman–Crippen MR) is 90.7 cm³/mol. The van der Waals surface area contributed by atoms with E-state index in [9.17, 15) is 0 Å². The van der Waals surface area contributed by atoms with Crippen molar-refractivity contribution in [2.24, 2.45) is 0 Å². The van der Waals surface area contributed by atoms with Crippen molar-refractivity contribution in [3.8, 4) is 0 Å². The Morgan fingerprint density at radius 1 is 1.05 bits per heavy atom. The van der Waals surface area contributed by atoms with Crippen LogP contribution in [-0.4, -0.2) is 11.0 Å². The second-order valence-corrected chi connectivity index (χ2v) is 6.37. The lowest BCUT2D eigenvalue weighted by molar-refractivity contribution is 0.494. The summed E-state index contributed by atoms with van der Waals surface area (Å²) in [5.74, 6) is 0. The van der Waals surface area contributed by atoms with Gasteiger partial charge in [-0.2, -0.15) is 0 Å². The third-order valence-corrected chi connectivity index (χ3v) is 4.73. The van der Waals surface area contributed by atoms with Crippen LogP contribution in [0.2, 0.25) is 0 Å². The summed E-state index contributed by atoms with van der Waals surface area (Å²) in [6, 6.07) is 19.5. The minimum absolute atomic E-state index is 0.499. The smallest absolute Gasteiger partial charge is 0.108 e. The molecule has 1 aromatic heterocycles. The van der Waals surface area contributed by atoms with Crippen molar-refractivity contribution in [2.75, 3.05) is 0 Å². The zero-order valence-corrected chi connectivity index (χ0v) is 13.1. The number of nitrogens with zero attached hydrogens (tertiary/aromatic N) is 1. The van der Waals surface area contributed by atoms with Crippen molar-refractivity contribution in [2.45, 2.75) is 32.4 Å². The van der Waals surface area contributed by atoms with Crippen molar-refractivity contribution < 1.29 is 0 Å². The second kappa shape index (κ2) is 6.83. The molecule has 0 aliphatic carbocycles. The Labute approximate surface area is 129 Å². The summed E-state index contributed by atoms with van der Waals surface area (Å²) in [6.45, 7) is 3.09. The van der Waals surface area contributed by atoms with Crippen molar-refractivity contribution >= 4 is 21.6 Å². The molecule has 0 spiro atoms. The highest BCUT2D eigenvalue weighted by Gasteiger charge is 2.09. The molecule has 21 heavy (non-hydrogen) atoms. The predicted octanol–water partition coefficient (Wildman–Crippen LogP) is 4.41. The summed E-state index contributed by atoms with van der Waals surface area (Å²) in [5.41, 5.74) is 2.50. The maximum absolute atomic E-state index is 4.68. The maximum Gasteiger partial charge on any atom is 0.108 e. The number of para-hydroxylation sites is 1. The minimum atomic E-state index is 0.499. The highest BCUT2D eigenvalue weighted by atomic mass is 32.1. The molecule has 0 saturated carbocycles. The van der Waals surface area contributed by atoms with E-state index in [4.69, 9.17) is 0 Å². The molecule has 3 heteroatoms. The summed E-state index contributed by atoms with van der Waals surface area (Å²) >= 11 is 1.78. The molecule has 0 fully saturated rings. The number of hydrogen-bond donors (Lipinski definition) is 1. The summed E-state index contributed by atoms with van der Waals surface area (Å²) in [4.78, 5) is 4.68. The van der Waals surface area contributed by atoms with Crippen LogP contribution in [-0.2, 0) is 13.0 Å². The molecule has 2 aromatic carbocycles. The fourth-order valence-electron chi connectivity index (χ4n) is 2.49. The fraction of sp³-hybridized carbons (Fsp3) is 0.278. The van der Waals surface area contributed by atoms with Crippen molar-refractivity contribution in [1.29, 1.82) is 0 Å². The number of thiazole rings is 1. The molecule has 3 rings (SSSR count). The number of hydrogen-bond acceptors (Lipinski definition) is 3. The average Bonchev–Trinajstić information content (AvgIpc) is 2.95. The summed E-state index contributed by atoms with van der Waals surface area (Å²) in [7, 11) is 0. The van der Waals surface area contributed by atoms with Crippen LogP contribution >= 0.6 is 11.3 Å². The normalized spacial score (nSPS) is 12.6. The van der Waals surface area contributed by atoms with Crippen LogP contribution in [0.4, 0.5) is 0 Å². The van der Waals surface area contributed by atoms with Crippen LogP contribution in [0.3, 0.4) is 0 Å². The molecule has 1 atom stereocenters. The van der Waals surface area contributed by atoms with Gasteiger partial charge in [0.2, 0.25) is 0 Å². The van der Waals surface area contributed by atoms with E-state index in [0.717, 1.165) is 24.9 Å². The van der Waals surface area contributed by atoms with Crippen LogP contribution in [0.25, 0.3) is 10.2 Å². The maximum atomic E-state index is 4.68. The van der Waals surface area contributed by atoms with Gasteiger partial charge in [0, 0.05) is 12.6 Å². The van der Waals surface area contributed by atoms with Gasteiger partial charge in [-0.1, -0.05) is 49.4 Å². The van der Waals surface area contributed by atoms with Crippen LogP contribution in [0.15, 0.2) is 54.6 Å². The third-order valence-electron chi connectivity index (χ3n) is 3.70. The molecule has 0 bridgehead atoms. The number of fused-ring (bicyclic) bond motifs is 1. The quantitative estimate of drug-likeness (QED) is 0.729. The zero-order chi connectivity index (χ0) is 14.5. The standard InChI is InChI=1S/C18H20N2S/c1-2-15(12-14-8-4-3-5-9-14)19-13-18-20-16-10-6-7-11-17(16)21-18/h3-11,15,19H,2,12-13H2,1H3. The minimum Gasteiger partial charge on any atom is -0.307 e. The van der Waals surface area contributed by atoms with Crippen LogP contribution in [0, 0.1) is 0 Å². The zero-order valence-electron chi connectivity index (χ0n) is 12.3. The Hall–Kier alpha value is -1.71. The number of benzene rings is 2. The molecule has 1 heterocycles. The van der Waals surface area contributed by atoms with E-state index < -0.39 is 0 Å². The van der Waals surface area contributed by atoms with Gasteiger partial charge in [-0.25, -0.2) is 4.98 Å². The Balaban J connectivity index is 1.62. The lowest BCUT2D eigenvalue weighted by Gasteiger charge is -2.16. The van der Waals surface area contributed by atoms with Crippen LogP contribution in [0.1, 0.15) is 23.9 Å². The monoisotopic (exact) mass is 296 g/mol.